The molecule has 2 N–H and O–H groups in total. The van der Waals surface area contributed by atoms with Crippen molar-refractivity contribution in [2.75, 3.05) is 19.6 Å². The van der Waals surface area contributed by atoms with Gasteiger partial charge in [0, 0.05) is 18.0 Å². The largest absolute Gasteiger partial charge is 0.393 e. The van der Waals surface area contributed by atoms with Gasteiger partial charge in [0.05, 0.1) is 19.2 Å². The summed E-state index contributed by atoms with van der Waals surface area (Å²) in [6.45, 7) is 4.68. The number of hydrogen-bond donors (Lipinski definition) is 2. The molecule has 1 aromatic rings. The van der Waals surface area contributed by atoms with Crippen LogP contribution in [0.2, 0.25) is 0 Å². The fourth-order valence-corrected chi connectivity index (χ4v) is 2.87. The Morgan fingerprint density at radius 1 is 1.67 bits per heavy atom. The molecule has 0 saturated carbocycles. The Bertz CT molecular complexity index is 380. The summed E-state index contributed by atoms with van der Waals surface area (Å²) in [5.41, 5.74) is 0. The zero-order valence-electron chi connectivity index (χ0n) is 10.6. The highest BCUT2D eigenvalue weighted by Gasteiger charge is 2.25. The predicted molar refractivity (Wildman–Crippen MR) is 72.4 cm³/mol. The van der Waals surface area contributed by atoms with E-state index in [1.165, 1.54) is 4.88 Å². The van der Waals surface area contributed by atoms with Crippen LogP contribution in [0.3, 0.4) is 0 Å². The summed E-state index contributed by atoms with van der Waals surface area (Å²) in [5.74, 6) is 0.316. The number of rotatable bonds is 4. The molecule has 1 aromatic heterocycles. The van der Waals surface area contributed by atoms with Crippen molar-refractivity contribution in [2.24, 2.45) is 5.92 Å². The molecule has 2 heterocycles. The third kappa shape index (κ3) is 3.80. The molecule has 0 aliphatic carbocycles. The van der Waals surface area contributed by atoms with Crippen molar-refractivity contribution < 1.29 is 9.90 Å². The summed E-state index contributed by atoms with van der Waals surface area (Å²) in [6.07, 6.45) is 0.551. The molecule has 5 heteroatoms. The lowest BCUT2D eigenvalue weighted by atomic mass is 9.97. The van der Waals surface area contributed by atoms with Crippen LogP contribution in [0.4, 0.5) is 0 Å². The van der Waals surface area contributed by atoms with E-state index in [1.807, 2.05) is 24.4 Å². The summed E-state index contributed by atoms with van der Waals surface area (Å²) in [6, 6.07) is 4.00. The van der Waals surface area contributed by atoms with E-state index in [9.17, 15) is 9.90 Å². The molecule has 0 aromatic carbocycles. The normalized spacial score (nSPS) is 25.0. The van der Waals surface area contributed by atoms with Crippen LogP contribution >= 0.6 is 11.3 Å². The third-order valence-corrected chi connectivity index (χ3v) is 4.23. The van der Waals surface area contributed by atoms with E-state index in [4.69, 9.17) is 0 Å². The smallest absolute Gasteiger partial charge is 0.234 e. The predicted octanol–water partition coefficient (Wildman–Crippen LogP) is 1.07. The quantitative estimate of drug-likeness (QED) is 0.859. The molecule has 1 aliphatic rings. The summed E-state index contributed by atoms with van der Waals surface area (Å²) in [7, 11) is 0. The Hall–Kier alpha value is -0.910. The van der Waals surface area contributed by atoms with Gasteiger partial charge in [0.15, 0.2) is 0 Å². The lowest BCUT2D eigenvalue weighted by Gasteiger charge is -2.33. The highest BCUT2D eigenvalue weighted by atomic mass is 32.1. The van der Waals surface area contributed by atoms with Crippen LogP contribution in [0, 0.1) is 5.92 Å². The van der Waals surface area contributed by atoms with Gasteiger partial charge in [-0.1, -0.05) is 13.0 Å². The summed E-state index contributed by atoms with van der Waals surface area (Å²) in [4.78, 5) is 15.1. The number of carbonyl (C=O) groups excluding carboxylic acids is 1. The number of likely N-dealkylation sites (tertiary alicyclic amines) is 1. The van der Waals surface area contributed by atoms with E-state index in [0.29, 0.717) is 13.1 Å². The van der Waals surface area contributed by atoms with Crippen LogP contribution in [0.1, 0.15) is 18.2 Å². The number of aliphatic hydroxyl groups excluding tert-OH is 1. The first-order chi connectivity index (χ1) is 8.65. The first kappa shape index (κ1) is 13.5. The van der Waals surface area contributed by atoms with Gasteiger partial charge in [-0.25, -0.2) is 0 Å². The maximum absolute atomic E-state index is 11.8. The molecule has 0 spiro atoms. The fraction of sp³-hybridized carbons (Fsp3) is 0.615. The second-order valence-corrected chi connectivity index (χ2v) is 5.96. The Kier molecular flexibility index (Phi) is 4.74. The number of amides is 1. The first-order valence-electron chi connectivity index (χ1n) is 6.34. The van der Waals surface area contributed by atoms with Gasteiger partial charge in [0.1, 0.15) is 0 Å². The van der Waals surface area contributed by atoms with Crippen LogP contribution < -0.4 is 5.32 Å². The highest BCUT2D eigenvalue weighted by Crippen LogP contribution is 2.16. The Labute approximate surface area is 112 Å². The van der Waals surface area contributed by atoms with Crippen molar-refractivity contribution in [3.05, 3.63) is 22.4 Å². The molecule has 2 atom stereocenters. The molecule has 1 saturated heterocycles. The minimum atomic E-state index is -0.213. The number of piperidine rings is 1. The molecule has 1 fully saturated rings. The Morgan fingerprint density at radius 3 is 3.17 bits per heavy atom. The number of thiophene rings is 1. The summed E-state index contributed by atoms with van der Waals surface area (Å²) < 4.78 is 0. The van der Waals surface area contributed by atoms with Gasteiger partial charge in [0.25, 0.3) is 0 Å². The van der Waals surface area contributed by atoms with Crippen molar-refractivity contribution in [1.29, 1.82) is 0 Å². The monoisotopic (exact) mass is 268 g/mol. The molecule has 18 heavy (non-hydrogen) atoms. The van der Waals surface area contributed by atoms with Crippen LogP contribution in [-0.2, 0) is 11.3 Å². The average molecular weight is 268 g/mol. The Balaban J connectivity index is 1.71. The van der Waals surface area contributed by atoms with Gasteiger partial charge in [-0.15, -0.1) is 11.3 Å². The SMILES string of the molecule is CC1CN(CC(=O)NCc2cccs2)CCC1O. The van der Waals surface area contributed by atoms with Gasteiger partial charge in [0.2, 0.25) is 5.91 Å². The third-order valence-electron chi connectivity index (χ3n) is 3.35. The highest BCUT2D eigenvalue weighted by molar-refractivity contribution is 7.09. The number of carbonyl (C=O) groups is 1. The topological polar surface area (TPSA) is 52.6 Å². The zero-order valence-corrected chi connectivity index (χ0v) is 11.4. The van der Waals surface area contributed by atoms with Crippen molar-refractivity contribution in [3.63, 3.8) is 0 Å². The van der Waals surface area contributed by atoms with Gasteiger partial charge in [-0.3, -0.25) is 9.69 Å². The number of nitrogens with one attached hydrogen (secondary N) is 1. The minimum absolute atomic E-state index is 0.0620. The van der Waals surface area contributed by atoms with Gasteiger partial charge in [-0.05, 0) is 23.8 Å². The van der Waals surface area contributed by atoms with Crippen LogP contribution in [0.25, 0.3) is 0 Å². The van der Waals surface area contributed by atoms with E-state index >= 15 is 0 Å². The molecule has 1 aliphatic heterocycles. The number of nitrogens with zero attached hydrogens (tertiary/aromatic N) is 1. The number of aliphatic hydroxyl groups is 1. The lowest BCUT2D eigenvalue weighted by molar-refractivity contribution is -0.123. The van der Waals surface area contributed by atoms with Gasteiger partial charge < -0.3 is 10.4 Å². The molecule has 1 amide bonds. The molecule has 4 nitrogen and oxygen atoms in total. The molecule has 0 bridgehead atoms. The van der Waals surface area contributed by atoms with Crippen molar-refractivity contribution in [3.8, 4) is 0 Å². The lowest BCUT2D eigenvalue weighted by Crippen LogP contribution is -2.46. The standard InChI is InChI=1S/C13H20N2O2S/c1-10-8-15(5-4-12(10)16)9-13(17)14-7-11-3-2-6-18-11/h2-3,6,10,12,16H,4-5,7-9H2,1H3,(H,14,17). The molecule has 100 valence electrons. The second kappa shape index (κ2) is 6.31. The molecular formula is C13H20N2O2S. The zero-order chi connectivity index (χ0) is 13.0. The van der Waals surface area contributed by atoms with Crippen molar-refractivity contribution in [1.82, 2.24) is 10.2 Å². The second-order valence-electron chi connectivity index (χ2n) is 4.92. The van der Waals surface area contributed by atoms with Gasteiger partial charge in [-0.2, -0.15) is 0 Å². The molecule has 2 rings (SSSR count). The Morgan fingerprint density at radius 2 is 2.50 bits per heavy atom. The molecule has 0 radical (unpaired) electrons. The van der Waals surface area contributed by atoms with E-state index < -0.39 is 0 Å². The molecular weight excluding hydrogens is 248 g/mol. The van der Waals surface area contributed by atoms with Crippen LogP contribution in [0.15, 0.2) is 17.5 Å². The van der Waals surface area contributed by atoms with Crippen molar-refractivity contribution >= 4 is 17.2 Å². The van der Waals surface area contributed by atoms with Crippen molar-refractivity contribution in [2.45, 2.75) is 26.0 Å². The fourth-order valence-electron chi connectivity index (χ4n) is 2.22. The minimum Gasteiger partial charge on any atom is -0.393 e. The maximum atomic E-state index is 11.8. The van der Waals surface area contributed by atoms with Gasteiger partial charge >= 0.3 is 0 Å². The van der Waals surface area contributed by atoms with Crippen LogP contribution in [0.5, 0.6) is 0 Å². The maximum Gasteiger partial charge on any atom is 0.234 e. The average Bonchev–Trinajstić information content (AvgIpc) is 2.84. The summed E-state index contributed by atoms with van der Waals surface area (Å²) in [5, 5.41) is 14.6. The van der Waals surface area contributed by atoms with E-state index in [-0.39, 0.29) is 17.9 Å². The number of hydrogen-bond acceptors (Lipinski definition) is 4. The first-order valence-corrected chi connectivity index (χ1v) is 7.22. The van der Waals surface area contributed by atoms with E-state index in [0.717, 1.165) is 19.5 Å². The van der Waals surface area contributed by atoms with E-state index in [1.54, 1.807) is 11.3 Å². The summed E-state index contributed by atoms with van der Waals surface area (Å²) >= 11 is 1.65. The van der Waals surface area contributed by atoms with E-state index in [2.05, 4.69) is 10.2 Å². The molecule has 2 unspecified atom stereocenters. The van der Waals surface area contributed by atoms with Crippen LogP contribution in [-0.4, -0.2) is 41.7 Å².